The summed E-state index contributed by atoms with van der Waals surface area (Å²) in [6.07, 6.45) is 8.90. The Labute approximate surface area is 156 Å². The lowest BCUT2D eigenvalue weighted by Crippen LogP contribution is -2.62. The van der Waals surface area contributed by atoms with Gasteiger partial charge in [0.15, 0.2) is 0 Å². The number of Topliss-reactive ketones (excluding diaryl/α,β-unsaturated/α-hetero) is 1. The minimum Gasteiger partial charge on any atom is -0.508 e. The van der Waals surface area contributed by atoms with Crippen LogP contribution in [0.4, 0.5) is 0 Å². The fraction of sp³-hybridized carbons (Fsp3) is 0.667. The van der Waals surface area contributed by atoms with Crippen LogP contribution in [0, 0.1) is 11.8 Å². The summed E-state index contributed by atoms with van der Waals surface area (Å²) in [6, 6.07) is 6.51. The number of fused-ring (bicyclic) bond motifs is 1. The summed E-state index contributed by atoms with van der Waals surface area (Å²) in [5.41, 5.74) is 2.67. The molecule has 1 saturated heterocycles. The van der Waals surface area contributed by atoms with Gasteiger partial charge in [-0.2, -0.15) is 0 Å². The van der Waals surface area contributed by atoms with Gasteiger partial charge < -0.3 is 5.11 Å². The Morgan fingerprint density at radius 3 is 2.84 bits per heavy atom. The molecule has 2 saturated carbocycles. The Hall–Kier alpha value is -1.06. The van der Waals surface area contributed by atoms with E-state index in [1.807, 2.05) is 12.1 Å². The number of rotatable bonds is 2. The third-order valence-corrected chi connectivity index (χ3v) is 7.51. The van der Waals surface area contributed by atoms with E-state index in [1.165, 1.54) is 36.9 Å². The Bertz CT molecular complexity index is 686. The predicted molar refractivity (Wildman–Crippen MR) is 100 cm³/mol. The van der Waals surface area contributed by atoms with Crippen molar-refractivity contribution in [2.45, 2.75) is 62.8 Å². The number of carbonyl (C=O) groups is 1. The molecule has 0 amide bonds. The monoisotopic (exact) mass is 361 g/mol. The van der Waals surface area contributed by atoms with Crippen molar-refractivity contribution in [3.8, 4) is 5.75 Å². The normalized spacial score (nSPS) is 34.5. The summed E-state index contributed by atoms with van der Waals surface area (Å²) < 4.78 is 0. The molecule has 4 heteroatoms. The SMILES string of the molecule is Cl.O=C1CC[C@@H]2C3Cc4ccc(O)cc4C2(CCN3CC2CCC2)C1. The maximum absolute atomic E-state index is 12.3. The number of halogens is 1. The molecule has 136 valence electrons. The summed E-state index contributed by atoms with van der Waals surface area (Å²) in [5, 5.41) is 10.1. The summed E-state index contributed by atoms with van der Waals surface area (Å²) in [4.78, 5) is 15.1. The van der Waals surface area contributed by atoms with E-state index in [2.05, 4.69) is 11.0 Å². The molecule has 3 fully saturated rings. The minimum absolute atomic E-state index is 0. The second kappa shape index (κ2) is 6.28. The van der Waals surface area contributed by atoms with Crippen molar-refractivity contribution in [1.29, 1.82) is 0 Å². The number of likely N-dealkylation sites (tertiary alicyclic amines) is 1. The summed E-state index contributed by atoms with van der Waals surface area (Å²) in [6.45, 7) is 2.39. The van der Waals surface area contributed by atoms with Gasteiger partial charge in [-0.15, -0.1) is 12.4 Å². The van der Waals surface area contributed by atoms with E-state index < -0.39 is 0 Å². The average Bonchev–Trinajstić information content (AvgIpc) is 2.52. The number of piperidine rings is 1. The van der Waals surface area contributed by atoms with Gasteiger partial charge in [0, 0.05) is 30.8 Å². The molecule has 2 bridgehead atoms. The van der Waals surface area contributed by atoms with Crippen LogP contribution in [0.3, 0.4) is 0 Å². The van der Waals surface area contributed by atoms with E-state index in [0.29, 0.717) is 29.9 Å². The van der Waals surface area contributed by atoms with Crippen molar-refractivity contribution in [3.63, 3.8) is 0 Å². The Morgan fingerprint density at radius 1 is 1.24 bits per heavy atom. The number of phenols is 1. The predicted octanol–water partition coefficient (Wildman–Crippen LogP) is 3.85. The zero-order chi connectivity index (χ0) is 16.3. The summed E-state index contributed by atoms with van der Waals surface area (Å²) in [7, 11) is 0. The standard InChI is InChI=1S/C21H27NO2.ClH/c23-16-5-4-15-10-20-18-7-6-17(24)12-21(18,19(15)11-16)8-9-22(20)13-14-2-1-3-14;/h4-5,11,14,18,20,23H,1-3,6-10,12-13H2;1H/t18-,20?,21?;/m1./s1. The Balaban J connectivity index is 0.00000157. The van der Waals surface area contributed by atoms with Gasteiger partial charge in [0.1, 0.15) is 11.5 Å². The molecular formula is C21H28ClNO2. The molecule has 25 heavy (non-hydrogen) atoms. The molecule has 2 unspecified atom stereocenters. The van der Waals surface area contributed by atoms with Crippen molar-refractivity contribution >= 4 is 18.2 Å². The molecule has 1 N–H and O–H groups in total. The zero-order valence-corrected chi connectivity index (χ0v) is 15.6. The van der Waals surface area contributed by atoms with Crippen molar-refractivity contribution in [1.82, 2.24) is 4.90 Å². The second-order valence-electron chi connectivity index (χ2n) is 8.67. The zero-order valence-electron chi connectivity index (χ0n) is 14.7. The minimum atomic E-state index is 0. The van der Waals surface area contributed by atoms with Crippen LogP contribution < -0.4 is 0 Å². The topological polar surface area (TPSA) is 40.5 Å². The van der Waals surface area contributed by atoms with E-state index in [0.717, 1.165) is 38.1 Å². The first-order valence-corrected chi connectivity index (χ1v) is 9.74. The molecular weight excluding hydrogens is 334 g/mol. The highest BCUT2D eigenvalue weighted by atomic mass is 35.5. The van der Waals surface area contributed by atoms with Crippen molar-refractivity contribution in [3.05, 3.63) is 29.3 Å². The van der Waals surface area contributed by atoms with Gasteiger partial charge in [-0.25, -0.2) is 0 Å². The lowest BCUT2D eigenvalue weighted by atomic mass is 9.52. The first-order valence-electron chi connectivity index (χ1n) is 9.74. The lowest BCUT2D eigenvalue weighted by Gasteiger charge is -2.59. The highest BCUT2D eigenvalue weighted by Gasteiger charge is 2.55. The number of phenolic OH excluding ortho intramolecular Hbond substituents is 1. The van der Waals surface area contributed by atoms with Crippen molar-refractivity contribution < 1.29 is 9.90 Å². The molecule has 4 aliphatic rings. The number of ketones is 1. The third kappa shape index (κ3) is 2.62. The van der Waals surface area contributed by atoms with Gasteiger partial charge in [0.05, 0.1) is 0 Å². The number of hydrogen-bond donors (Lipinski definition) is 1. The fourth-order valence-electron chi connectivity index (χ4n) is 6.13. The van der Waals surface area contributed by atoms with Gasteiger partial charge in [0.25, 0.3) is 0 Å². The van der Waals surface area contributed by atoms with Crippen molar-refractivity contribution in [2.75, 3.05) is 13.1 Å². The van der Waals surface area contributed by atoms with E-state index in [-0.39, 0.29) is 17.8 Å². The van der Waals surface area contributed by atoms with E-state index in [1.54, 1.807) is 0 Å². The van der Waals surface area contributed by atoms with Crippen LogP contribution in [-0.4, -0.2) is 34.9 Å². The first-order chi connectivity index (χ1) is 11.7. The highest BCUT2D eigenvalue weighted by molar-refractivity contribution is 5.85. The Morgan fingerprint density at radius 2 is 2.08 bits per heavy atom. The summed E-state index contributed by atoms with van der Waals surface area (Å²) >= 11 is 0. The van der Waals surface area contributed by atoms with Crippen LogP contribution in [0.1, 0.15) is 56.1 Å². The maximum Gasteiger partial charge on any atom is 0.133 e. The molecule has 3 aliphatic carbocycles. The molecule has 5 rings (SSSR count). The molecule has 0 radical (unpaired) electrons. The van der Waals surface area contributed by atoms with Gasteiger partial charge >= 0.3 is 0 Å². The van der Waals surface area contributed by atoms with Crippen LogP contribution in [0.25, 0.3) is 0 Å². The van der Waals surface area contributed by atoms with Gasteiger partial charge in [-0.3, -0.25) is 9.69 Å². The number of carbonyl (C=O) groups excluding carboxylic acids is 1. The van der Waals surface area contributed by atoms with Gasteiger partial charge in [-0.05, 0) is 73.7 Å². The highest BCUT2D eigenvalue weighted by Crippen LogP contribution is 2.55. The van der Waals surface area contributed by atoms with Crippen LogP contribution in [-0.2, 0) is 16.6 Å². The molecule has 0 spiro atoms. The molecule has 1 aromatic carbocycles. The van der Waals surface area contributed by atoms with E-state index >= 15 is 0 Å². The van der Waals surface area contributed by atoms with Crippen LogP contribution in [0.15, 0.2) is 18.2 Å². The van der Waals surface area contributed by atoms with E-state index in [9.17, 15) is 9.90 Å². The summed E-state index contributed by atoms with van der Waals surface area (Å²) in [5.74, 6) is 2.28. The average molecular weight is 362 g/mol. The molecule has 1 aromatic rings. The molecule has 3 atom stereocenters. The van der Waals surface area contributed by atoms with Crippen LogP contribution in [0.2, 0.25) is 0 Å². The van der Waals surface area contributed by atoms with Gasteiger partial charge in [0.2, 0.25) is 0 Å². The fourth-order valence-corrected chi connectivity index (χ4v) is 6.13. The van der Waals surface area contributed by atoms with E-state index in [4.69, 9.17) is 0 Å². The second-order valence-corrected chi connectivity index (χ2v) is 8.67. The number of benzene rings is 1. The maximum atomic E-state index is 12.3. The number of nitrogens with zero attached hydrogens (tertiary/aromatic N) is 1. The largest absolute Gasteiger partial charge is 0.508 e. The Kier molecular flexibility index (Phi) is 4.36. The quantitative estimate of drug-likeness (QED) is 0.869. The number of aromatic hydroxyl groups is 1. The molecule has 3 nitrogen and oxygen atoms in total. The van der Waals surface area contributed by atoms with Crippen LogP contribution >= 0.6 is 12.4 Å². The lowest BCUT2D eigenvalue weighted by molar-refractivity contribution is -0.127. The molecule has 1 aliphatic heterocycles. The number of hydrogen-bond acceptors (Lipinski definition) is 3. The third-order valence-electron chi connectivity index (χ3n) is 7.51. The smallest absolute Gasteiger partial charge is 0.133 e. The molecule has 1 heterocycles. The molecule has 0 aromatic heterocycles. The first kappa shape index (κ1) is 17.4. The van der Waals surface area contributed by atoms with Crippen molar-refractivity contribution in [2.24, 2.45) is 11.8 Å². The van der Waals surface area contributed by atoms with Gasteiger partial charge in [-0.1, -0.05) is 12.5 Å². The van der Waals surface area contributed by atoms with Crippen LogP contribution in [0.5, 0.6) is 5.75 Å².